The van der Waals surface area contributed by atoms with Crippen molar-refractivity contribution < 1.29 is 9.18 Å². The van der Waals surface area contributed by atoms with E-state index in [0.717, 1.165) is 22.9 Å². The average Bonchev–Trinajstić information content (AvgIpc) is 2.94. The van der Waals surface area contributed by atoms with Gasteiger partial charge < -0.3 is 11.2 Å². The second kappa shape index (κ2) is 7.35. The maximum absolute atomic E-state index is 13.1. The molecule has 1 heterocycles. The number of carbonyl (C=O) groups is 1. The largest absolute Gasteiger partial charge is 0.335 e. The van der Waals surface area contributed by atoms with Crippen LogP contribution in [0.4, 0.5) is 10.1 Å². The van der Waals surface area contributed by atoms with Gasteiger partial charge in [0.2, 0.25) is 11.1 Å². The first kappa shape index (κ1) is 17.0. The number of aromatic nitrogens is 3. The summed E-state index contributed by atoms with van der Waals surface area (Å²) in [5.74, 6) is 5.94. The number of benzene rings is 2. The summed E-state index contributed by atoms with van der Waals surface area (Å²) in [6.45, 7) is 2.00. The van der Waals surface area contributed by atoms with E-state index in [-0.39, 0.29) is 11.7 Å². The SMILES string of the molecule is Cc1ccc(-c2nnc(SCC(=O)Nc3cccc(F)c3)n2N)cc1. The van der Waals surface area contributed by atoms with Crippen LogP contribution in [0.5, 0.6) is 0 Å². The smallest absolute Gasteiger partial charge is 0.234 e. The Kier molecular flexibility index (Phi) is 4.99. The van der Waals surface area contributed by atoms with E-state index in [1.807, 2.05) is 31.2 Å². The first-order valence-corrected chi connectivity index (χ1v) is 8.47. The van der Waals surface area contributed by atoms with Gasteiger partial charge in [-0.1, -0.05) is 47.7 Å². The van der Waals surface area contributed by atoms with Gasteiger partial charge in [-0.3, -0.25) is 4.79 Å². The molecule has 0 spiro atoms. The molecule has 0 fully saturated rings. The Hall–Kier alpha value is -2.87. The van der Waals surface area contributed by atoms with Crippen LogP contribution in [0.25, 0.3) is 11.4 Å². The van der Waals surface area contributed by atoms with Crippen LogP contribution in [-0.2, 0) is 4.79 Å². The summed E-state index contributed by atoms with van der Waals surface area (Å²) >= 11 is 1.16. The maximum atomic E-state index is 13.1. The van der Waals surface area contributed by atoms with E-state index in [0.29, 0.717) is 16.7 Å². The first-order valence-electron chi connectivity index (χ1n) is 7.48. The van der Waals surface area contributed by atoms with E-state index in [9.17, 15) is 9.18 Å². The molecule has 6 nitrogen and oxygen atoms in total. The Balaban J connectivity index is 1.64. The van der Waals surface area contributed by atoms with Crippen molar-refractivity contribution in [2.24, 2.45) is 0 Å². The number of hydrogen-bond donors (Lipinski definition) is 2. The van der Waals surface area contributed by atoms with Crippen molar-refractivity contribution in [3.63, 3.8) is 0 Å². The summed E-state index contributed by atoms with van der Waals surface area (Å²) < 4.78 is 14.5. The molecule has 0 bridgehead atoms. The summed E-state index contributed by atoms with van der Waals surface area (Å²) in [6.07, 6.45) is 0. The number of halogens is 1. The lowest BCUT2D eigenvalue weighted by Gasteiger charge is -2.06. The van der Waals surface area contributed by atoms with Gasteiger partial charge in [0.1, 0.15) is 5.82 Å². The molecule has 3 N–H and O–H groups in total. The minimum Gasteiger partial charge on any atom is -0.335 e. The van der Waals surface area contributed by atoms with E-state index in [2.05, 4.69) is 15.5 Å². The van der Waals surface area contributed by atoms with Crippen LogP contribution in [0.1, 0.15) is 5.56 Å². The zero-order chi connectivity index (χ0) is 17.8. The second-order valence-electron chi connectivity index (χ2n) is 5.39. The molecule has 128 valence electrons. The van der Waals surface area contributed by atoms with E-state index in [4.69, 9.17) is 5.84 Å². The lowest BCUT2D eigenvalue weighted by molar-refractivity contribution is -0.113. The summed E-state index contributed by atoms with van der Waals surface area (Å²) in [7, 11) is 0. The molecule has 0 unspecified atom stereocenters. The van der Waals surface area contributed by atoms with E-state index >= 15 is 0 Å². The molecular weight excluding hydrogens is 341 g/mol. The Morgan fingerprint density at radius 3 is 2.72 bits per heavy atom. The fourth-order valence-electron chi connectivity index (χ4n) is 2.17. The number of nitrogens with two attached hydrogens (primary N) is 1. The van der Waals surface area contributed by atoms with Gasteiger partial charge in [-0.2, -0.15) is 0 Å². The predicted octanol–water partition coefficient (Wildman–Crippen LogP) is 2.84. The van der Waals surface area contributed by atoms with Gasteiger partial charge >= 0.3 is 0 Å². The number of aryl methyl sites for hydroxylation is 1. The quantitative estimate of drug-likeness (QED) is 0.542. The standard InChI is InChI=1S/C17H16FN5OS/c1-11-5-7-12(8-6-11)16-21-22-17(23(16)19)25-10-15(24)20-14-4-2-3-13(18)9-14/h2-9H,10,19H2,1H3,(H,20,24). The summed E-state index contributed by atoms with van der Waals surface area (Å²) in [5.41, 5.74) is 2.38. The molecule has 1 amide bonds. The van der Waals surface area contributed by atoms with Gasteiger partial charge in [0, 0.05) is 11.3 Å². The lowest BCUT2D eigenvalue weighted by atomic mass is 10.1. The van der Waals surface area contributed by atoms with Crippen molar-refractivity contribution in [3.05, 3.63) is 59.9 Å². The van der Waals surface area contributed by atoms with Crippen molar-refractivity contribution in [1.29, 1.82) is 0 Å². The molecular formula is C17H16FN5OS. The monoisotopic (exact) mass is 357 g/mol. The highest BCUT2D eigenvalue weighted by Gasteiger charge is 2.14. The Morgan fingerprint density at radius 1 is 1.24 bits per heavy atom. The molecule has 3 aromatic rings. The van der Waals surface area contributed by atoms with Gasteiger partial charge in [-0.25, -0.2) is 9.07 Å². The molecule has 8 heteroatoms. The van der Waals surface area contributed by atoms with Crippen LogP contribution < -0.4 is 11.2 Å². The van der Waals surface area contributed by atoms with Crippen LogP contribution >= 0.6 is 11.8 Å². The second-order valence-corrected chi connectivity index (χ2v) is 6.33. The molecule has 1 aromatic heterocycles. The normalized spacial score (nSPS) is 10.6. The number of hydrogen-bond acceptors (Lipinski definition) is 5. The molecule has 0 saturated carbocycles. The van der Waals surface area contributed by atoms with Crippen LogP contribution in [0.15, 0.2) is 53.7 Å². The Morgan fingerprint density at radius 2 is 2.00 bits per heavy atom. The predicted molar refractivity (Wildman–Crippen MR) is 96.1 cm³/mol. The van der Waals surface area contributed by atoms with E-state index in [1.165, 1.54) is 22.9 Å². The third-order valence-electron chi connectivity index (χ3n) is 3.42. The number of nitrogen functional groups attached to an aromatic ring is 1. The van der Waals surface area contributed by atoms with Crippen LogP contribution in [0.2, 0.25) is 0 Å². The fraction of sp³-hybridized carbons (Fsp3) is 0.118. The maximum Gasteiger partial charge on any atom is 0.234 e. The molecule has 0 radical (unpaired) electrons. The highest BCUT2D eigenvalue weighted by Crippen LogP contribution is 2.22. The van der Waals surface area contributed by atoms with Crippen molar-refractivity contribution >= 4 is 23.4 Å². The summed E-state index contributed by atoms with van der Waals surface area (Å²) in [4.78, 5) is 12.0. The molecule has 0 aliphatic carbocycles. The molecule has 25 heavy (non-hydrogen) atoms. The van der Waals surface area contributed by atoms with Crippen LogP contribution in [0.3, 0.4) is 0 Å². The zero-order valence-corrected chi connectivity index (χ0v) is 14.3. The number of carbonyl (C=O) groups excluding carboxylic acids is 1. The Bertz CT molecular complexity index is 894. The number of amides is 1. The van der Waals surface area contributed by atoms with Gasteiger partial charge in [0.05, 0.1) is 5.75 Å². The van der Waals surface area contributed by atoms with Crippen molar-refractivity contribution in [2.75, 3.05) is 16.9 Å². The van der Waals surface area contributed by atoms with Crippen LogP contribution in [-0.4, -0.2) is 26.5 Å². The topological polar surface area (TPSA) is 85.8 Å². The molecule has 0 aliphatic rings. The van der Waals surface area contributed by atoms with Gasteiger partial charge in [-0.05, 0) is 25.1 Å². The third kappa shape index (κ3) is 4.16. The number of nitrogens with one attached hydrogen (secondary N) is 1. The molecule has 0 atom stereocenters. The van der Waals surface area contributed by atoms with E-state index in [1.54, 1.807) is 6.07 Å². The van der Waals surface area contributed by atoms with Crippen molar-refractivity contribution in [2.45, 2.75) is 12.1 Å². The highest BCUT2D eigenvalue weighted by atomic mass is 32.2. The van der Waals surface area contributed by atoms with Crippen molar-refractivity contribution in [3.8, 4) is 11.4 Å². The number of thioether (sulfide) groups is 1. The van der Waals surface area contributed by atoms with Gasteiger partial charge in [-0.15, -0.1) is 10.2 Å². The molecule has 0 saturated heterocycles. The highest BCUT2D eigenvalue weighted by molar-refractivity contribution is 7.99. The lowest BCUT2D eigenvalue weighted by Crippen LogP contribution is -2.16. The van der Waals surface area contributed by atoms with Crippen molar-refractivity contribution in [1.82, 2.24) is 14.9 Å². The number of nitrogens with zero attached hydrogens (tertiary/aromatic N) is 3. The zero-order valence-electron chi connectivity index (χ0n) is 13.4. The molecule has 2 aromatic carbocycles. The molecule has 0 aliphatic heterocycles. The van der Waals surface area contributed by atoms with Gasteiger partial charge in [0.25, 0.3) is 0 Å². The third-order valence-corrected chi connectivity index (χ3v) is 4.36. The minimum absolute atomic E-state index is 0.0831. The minimum atomic E-state index is -0.408. The first-order chi connectivity index (χ1) is 12.0. The fourth-order valence-corrected chi connectivity index (χ4v) is 2.82. The summed E-state index contributed by atoms with van der Waals surface area (Å²) in [6, 6.07) is 13.5. The average molecular weight is 357 g/mol. The number of anilines is 1. The summed E-state index contributed by atoms with van der Waals surface area (Å²) in [5, 5.41) is 11.1. The van der Waals surface area contributed by atoms with E-state index < -0.39 is 5.82 Å². The number of rotatable bonds is 5. The molecule has 3 rings (SSSR count). The Labute approximate surface area is 148 Å². The van der Waals surface area contributed by atoms with Crippen LogP contribution in [0, 0.1) is 12.7 Å². The van der Waals surface area contributed by atoms with Gasteiger partial charge in [0.15, 0.2) is 5.82 Å².